The summed E-state index contributed by atoms with van der Waals surface area (Å²) < 4.78 is 2.85. The highest BCUT2D eigenvalue weighted by molar-refractivity contribution is 9.10. The van der Waals surface area contributed by atoms with Gasteiger partial charge in [-0.05, 0) is 36.4 Å². The van der Waals surface area contributed by atoms with Crippen LogP contribution in [0.5, 0.6) is 0 Å². The molecule has 0 atom stereocenters. The molecule has 136 valence electrons. The first-order chi connectivity index (χ1) is 13.7. The highest BCUT2D eigenvalue weighted by Gasteiger charge is 2.11. The van der Waals surface area contributed by atoms with Crippen molar-refractivity contribution >= 4 is 27.8 Å². The molecule has 3 nitrogen and oxygen atoms in total. The van der Waals surface area contributed by atoms with Crippen molar-refractivity contribution in [2.75, 3.05) is 0 Å². The number of halogens is 1. The number of nitrogens with zero attached hydrogens (tertiary/aromatic N) is 2. The first kappa shape index (κ1) is 18.1. The summed E-state index contributed by atoms with van der Waals surface area (Å²) >= 11 is 3.47. The fourth-order valence-electron chi connectivity index (χ4n) is 2.92. The van der Waals surface area contributed by atoms with Crippen LogP contribution in [-0.2, 0) is 0 Å². The van der Waals surface area contributed by atoms with Crippen molar-refractivity contribution in [3.63, 3.8) is 0 Å². The minimum Gasteiger partial charge on any atom is -0.289 e. The number of aromatic nitrogens is 2. The van der Waals surface area contributed by atoms with Gasteiger partial charge in [-0.2, -0.15) is 5.10 Å². The maximum Gasteiger partial charge on any atom is 0.185 e. The molecule has 0 unspecified atom stereocenters. The lowest BCUT2D eigenvalue weighted by molar-refractivity contribution is 0.104. The molecule has 0 aliphatic rings. The maximum absolute atomic E-state index is 12.5. The molecule has 0 saturated heterocycles. The summed E-state index contributed by atoms with van der Waals surface area (Å²) in [6, 6.07) is 27.2. The Labute approximate surface area is 172 Å². The Bertz CT molecular complexity index is 1110. The largest absolute Gasteiger partial charge is 0.289 e. The average Bonchev–Trinajstić information content (AvgIpc) is 3.18. The van der Waals surface area contributed by atoms with E-state index in [9.17, 15) is 4.79 Å². The molecule has 4 rings (SSSR count). The molecule has 0 N–H and O–H groups in total. The molecule has 0 fully saturated rings. The van der Waals surface area contributed by atoms with Gasteiger partial charge in [0, 0.05) is 27.4 Å². The lowest BCUT2D eigenvalue weighted by atomic mass is 10.1. The van der Waals surface area contributed by atoms with Crippen molar-refractivity contribution in [2.24, 2.45) is 0 Å². The Hall–Kier alpha value is -3.24. The van der Waals surface area contributed by atoms with E-state index >= 15 is 0 Å². The molecule has 0 radical (unpaired) electrons. The van der Waals surface area contributed by atoms with E-state index in [4.69, 9.17) is 5.10 Å². The minimum absolute atomic E-state index is 0.0326. The second kappa shape index (κ2) is 8.19. The van der Waals surface area contributed by atoms with Gasteiger partial charge in [0.1, 0.15) is 0 Å². The third kappa shape index (κ3) is 4.02. The monoisotopic (exact) mass is 428 g/mol. The van der Waals surface area contributed by atoms with Gasteiger partial charge in [0.05, 0.1) is 11.4 Å². The molecule has 4 aromatic rings. The highest BCUT2D eigenvalue weighted by Crippen LogP contribution is 2.26. The first-order valence-electron chi connectivity index (χ1n) is 8.89. The van der Waals surface area contributed by atoms with Crippen molar-refractivity contribution in [2.45, 2.75) is 0 Å². The number of carbonyl (C=O) groups is 1. The van der Waals surface area contributed by atoms with Crippen LogP contribution < -0.4 is 0 Å². The van der Waals surface area contributed by atoms with E-state index in [2.05, 4.69) is 15.9 Å². The van der Waals surface area contributed by atoms with Gasteiger partial charge in [-0.3, -0.25) is 4.79 Å². The van der Waals surface area contributed by atoms with E-state index in [1.54, 1.807) is 6.08 Å². The van der Waals surface area contributed by atoms with E-state index < -0.39 is 0 Å². The molecule has 0 amide bonds. The van der Waals surface area contributed by atoms with Gasteiger partial charge in [0.2, 0.25) is 0 Å². The van der Waals surface area contributed by atoms with Gasteiger partial charge in [-0.15, -0.1) is 0 Å². The van der Waals surface area contributed by atoms with Crippen LogP contribution in [0.3, 0.4) is 0 Å². The normalized spacial score (nSPS) is 11.0. The highest BCUT2D eigenvalue weighted by atomic mass is 79.9. The number of ketones is 1. The Morgan fingerprint density at radius 1 is 0.857 bits per heavy atom. The topological polar surface area (TPSA) is 34.9 Å². The SMILES string of the molecule is O=C(/C=C\c1cn(-c2ccccc2)nc1-c1ccc(Br)cc1)c1ccccc1. The fourth-order valence-corrected chi connectivity index (χ4v) is 3.18. The van der Waals surface area contributed by atoms with E-state index in [1.165, 1.54) is 0 Å². The van der Waals surface area contributed by atoms with Crippen molar-refractivity contribution in [1.82, 2.24) is 9.78 Å². The minimum atomic E-state index is -0.0326. The number of benzene rings is 3. The average molecular weight is 429 g/mol. The van der Waals surface area contributed by atoms with Crippen molar-refractivity contribution < 1.29 is 4.79 Å². The quantitative estimate of drug-likeness (QED) is 0.280. The maximum atomic E-state index is 12.5. The lowest BCUT2D eigenvalue weighted by Crippen LogP contribution is -1.93. The Morgan fingerprint density at radius 3 is 2.18 bits per heavy atom. The van der Waals surface area contributed by atoms with Crippen LogP contribution in [-0.4, -0.2) is 15.6 Å². The van der Waals surface area contributed by atoms with Gasteiger partial charge >= 0.3 is 0 Å². The first-order valence-corrected chi connectivity index (χ1v) is 9.68. The zero-order chi connectivity index (χ0) is 19.3. The van der Waals surface area contributed by atoms with E-state index in [0.29, 0.717) is 5.56 Å². The van der Waals surface area contributed by atoms with E-state index in [-0.39, 0.29) is 5.78 Å². The van der Waals surface area contributed by atoms with Gasteiger partial charge in [-0.1, -0.05) is 76.6 Å². The zero-order valence-electron chi connectivity index (χ0n) is 15.0. The molecule has 3 aromatic carbocycles. The lowest BCUT2D eigenvalue weighted by Gasteiger charge is -2.01. The third-order valence-electron chi connectivity index (χ3n) is 4.35. The summed E-state index contributed by atoms with van der Waals surface area (Å²) in [6.45, 7) is 0. The van der Waals surface area contributed by atoms with Gasteiger partial charge in [0.25, 0.3) is 0 Å². The van der Waals surface area contributed by atoms with Crippen molar-refractivity contribution in [3.05, 3.63) is 113 Å². The standard InChI is InChI=1S/C24H17BrN2O/c25-21-14-11-19(12-15-21)24-20(13-16-23(28)18-7-3-1-4-8-18)17-27(26-24)22-9-5-2-6-10-22/h1-17H/b16-13-. The van der Waals surface area contributed by atoms with Crippen molar-refractivity contribution in [1.29, 1.82) is 0 Å². The molecule has 0 saturated carbocycles. The van der Waals surface area contributed by atoms with Gasteiger partial charge in [-0.25, -0.2) is 4.68 Å². The smallest absolute Gasteiger partial charge is 0.185 e. The summed E-state index contributed by atoms with van der Waals surface area (Å²) in [4.78, 5) is 12.5. The number of rotatable bonds is 5. The summed E-state index contributed by atoms with van der Waals surface area (Å²) in [6.07, 6.45) is 5.38. The molecule has 28 heavy (non-hydrogen) atoms. The predicted octanol–water partition coefficient (Wildman–Crippen LogP) is 6.20. The van der Waals surface area contributed by atoms with Gasteiger partial charge in [0.15, 0.2) is 5.78 Å². The van der Waals surface area contributed by atoms with Crippen LogP contribution in [0.4, 0.5) is 0 Å². The molecular weight excluding hydrogens is 412 g/mol. The molecular formula is C24H17BrN2O. The predicted molar refractivity (Wildman–Crippen MR) is 117 cm³/mol. The number of allylic oxidation sites excluding steroid dienone is 1. The van der Waals surface area contributed by atoms with E-state index in [1.807, 2.05) is 102 Å². The summed E-state index contributed by atoms with van der Waals surface area (Å²) in [5.74, 6) is -0.0326. The summed E-state index contributed by atoms with van der Waals surface area (Å²) in [5, 5.41) is 4.77. The molecule has 0 aliphatic heterocycles. The molecule has 0 bridgehead atoms. The Balaban J connectivity index is 1.74. The number of carbonyl (C=O) groups excluding carboxylic acids is 1. The summed E-state index contributed by atoms with van der Waals surface area (Å²) in [5.41, 5.74) is 4.34. The summed E-state index contributed by atoms with van der Waals surface area (Å²) in [7, 11) is 0. The van der Waals surface area contributed by atoms with Crippen LogP contribution in [0, 0.1) is 0 Å². The zero-order valence-corrected chi connectivity index (χ0v) is 16.6. The molecule has 1 aromatic heterocycles. The second-order valence-electron chi connectivity index (χ2n) is 6.28. The Kier molecular flexibility index (Phi) is 5.31. The van der Waals surface area contributed by atoms with Crippen LogP contribution in [0.15, 0.2) is 102 Å². The molecule has 4 heteroatoms. The van der Waals surface area contributed by atoms with Crippen molar-refractivity contribution in [3.8, 4) is 16.9 Å². The Morgan fingerprint density at radius 2 is 1.50 bits per heavy atom. The van der Waals surface area contributed by atoms with Crippen LogP contribution >= 0.6 is 15.9 Å². The van der Waals surface area contributed by atoms with Gasteiger partial charge < -0.3 is 0 Å². The third-order valence-corrected chi connectivity index (χ3v) is 4.88. The number of hydrogen-bond acceptors (Lipinski definition) is 2. The van der Waals surface area contributed by atoms with E-state index in [0.717, 1.165) is 27.0 Å². The fraction of sp³-hybridized carbons (Fsp3) is 0. The molecule has 0 spiro atoms. The number of hydrogen-bond donors (Lipinski definition) is 0. The van der Waals surface area contributed by atoms with Crippen LogP contribution in [0.25, 0.3) is 23.0 Å². The van der Waals surface area contributed by atoms with Crippen LogP contribution in [0.2, 0.25) is 0 Å². The molecule has 0 aliphatic carbocycles. The molecule has 1 heterocycles. The van der Waals surface area contributed by atoms with Crippen LogP contribution in [0.1, 0.15) is 15.9 Å². The number of para-hydroxylation sites is 1. The second-order valence-corrected chi connectivity index (χ2v) is 7.20.